The molecule has 0 spiro atoms. The zero-order valence-electron chi connectivity index (χ0n) is 15.3. The first-order chi connectivity index (χ1) is 12.1. The maximum absolute atomic E-state index is 13.3. The Balaban J connectivity index is 0.00000338. The molecule has 0 radical (unpaired) electrons. The molecule has 1 aliphatic rings. The number of nitrogens with zero attached hydrogens (tertiary/aromatic N) is 1. The molecule has 1 aromatic rings. The Bertz CT molecular complexity index is 569. The van der Waals surface area contributed by atoms with Crippen LogP contribution in [0.25, 0.3) is 0 Å². The first-order valence-corrected chi connectivity index (χ1v) is 8.71. The van der Waals surface area contributed by atoms with E-state index in [0.717, 1.165) is 38.5 Å². The molecule has 0 bridgehead atoms. The molecule has 0 aliphatic carbocycles. The number of nitrogens with one attached hydrogen (secondary N) is 2. The number of hydrogen-bond donors (Lipinski definition) is 2. The fraction of sp³-hybridized carbons (Fsp3) is 0.611. The standard InChI is InChI=1S/C18H27F2N3O2.HI/c1-13(14-4-5-16(19)17(20)12-14)23-18(21-2)22-8-3-9-25-15-6-10-24-11-7-15;/h4-5,12-13,15H,3,6-11H2,1-2H3,(H2,21,22,23);1H. The van der Waals surface area contributed by atoms with Gasteiger partial charge in [-0.15, -0.1) is 24.0 Å². The van der Waals surface area contributed by atoms with Crippen molar-refractivity contribution >= 4 is 29.9 Å². The number of benzene rings is 1. The Morgan fingerprint density at radius 1 is 1.31 bits per heavy atom. The van der Waals surface area contributed by atoms with Gasteiger partial charge in [0.05, 0.1) is 12.1 Å². The van der Waals surface area contributed by atoms with Crippen molar-refractivity contribution in [1.29, 1.82) is 0 Å². The number of aliphatic imine (C=N–C) groups is 1. The SMILES string of the molecule is CN=C(NCCCOC1CCOCC1)NC(C)c1ccc(F)c(F)c1.I. The van der Waals surface area contributed by atoms with Crippen LogP contribution in [0.1, 0.15) is 37.8 Å². The van der Waals surface area contributed by atoms with Gasteiger partial charge in [0.1, 0.15) is 0 Å². The smallest absolute Gasteiger partial charge is 0.191 e. The van der Waals surface area contributed by atoms with Crippen molar-refractivity contribution in [2.75, 3.05) is 33.4 Å². The topological polar surface area (TPSA) is 54.9 Å². The fourth-order valence-electron chi connectivity index (χ4n) is 2.64. The Morgan fingerprint density at radius 2 is 2.04 bits per heavy atom. The molecule has 2 N–H and O–H groups in total. The first kappa shape index (κ1) is 23.0. The molecule has 1 saturated heterocycles. The second-order valence-corrected chi connectivity index (χ2v) is 6.07. The third-order valence-corrected chi connectivity index (χ3v) is 4.16. The lowest BCUT2D eigenvalue weighted by Gasteiger charge is -2.22. The molecule has 1 aliphatic heterocycles. The largest absolute Gasteiger partial charge is 0.381 e. The molecule has 0 amide bonds. The van der Waals surface area contributed by atoms with E-state index in [1.807, 2.05) is 6.92 Å². The van der Waals surface area contributed by atoms with Crippen LogP contribution in [0.2, 0.25) is 0 Å². The summed E-state index contributed by atoms with van der Waals surface area (Å²) in [5.41, 5.74) is 0.657. The molecule has 8 heteroatoms. The summed E-state index contributed by atoms with van der Waals surface area (Å²) in [4.78, 5) is 4.15. The predicted octanol–water partition coefficient (Wildman–Crippen LogP) is 3.39. The highest BCUT2D eigenvalue weighted by Gasteiger charge is 2.14. The number of hydrogen-bond acceptors (Lipinski definition) is 3. The summed E-state index contributed by atoms with van der Waals surface area (Å²) in [6.07, 6.45) is 3.09. The molecule has 0 aromatic heterocycles. The summed E-state index contributed by atoms with van der Waals surface area (Å²) in [6, 6.07) is 3.69. The van der Waals surface area contributed by atoms with Crippen molar-refractivity contribution in [3.8, 4) is 0 Å². The van der Waals surface area contributed by atoms with E-state index in [2.05, 4.69) is 15.6 Å². The monoisotopic (exact) mass is 483 g/mol. The number of ether oxygens (including phenoxy) is 2. The normalized spacial score (nSPS) is 16.7. The Labute approximate surface area is 171 Å². The van der Waals surface area contributed by atoms with Gasteiger partial charge in [-0.25, -0.2) is 8.78 Å². The van der Waals surface area contributed by atoms with Gasteiger partial charge < -0.3 is 20.1 Å². The summed E-state index contributed by atoms with van der Waals surface area (Å²) >= 11 is 0. The molecule has 2 rings (SSSR count). The molecule has 1 heterocycles. The molecular formula is C18H28F2IN3O2. The summed E-state index contributed by atoms with van der Waals surface area (Å²) in [6.45, 7) is 4.83. The lowest BCUT2D eigenvalue weighted by atomic mass is 10.1. The van der Waals surface area contributed by atoms with Crippen LogP contribution in [-0.2, 0) is 9.47 Å². The van der Waals surface area contributed by atoms with Gasteiger partial charge in [-0.05, 0) is 43.9 Å². The van der Waals surface area contributed by atoms with E-state index in [1.54, 1.807) is 13.1 Å². The highest BCUT2D eigenvalue weighted by atomic mass is 127. The molecule has 1 fully saturated rings. The van der Waals surface area contributed by atoms with Crippen molar-refractivity contribution in [3.63, 3.8) is 0 Å². The average molecular weight is 483 g/mol. The van der Waals surface area contributed by atoms with E-state index in [4.69, 9.17) is 9.47 Å². The number of halogens is 3. The third-order valence-electron chi connectivity index (χ3n) is 4.16. The second kappa shape index (κ2) is 12.4. The Hall–Kier alpha value is -1.00. The van der Waals surface area contributed by atoms with Gasteiger partial charge in [0.25, 0.3) is 0 Å². The molecule has 0 saturated carbocycles. The molecule has 1 atom stereocenters. The maximum atomic E-state index is 13.3. The van der Waals surface area contributed by atoms with Crippen molar-refractivity contribution in [1.82, 2.24) is 10.6 Å². The van der Waals surface area contributed by atoms with Gasteiger partial charge in [0.2, 0.25) is 0 Å². The second-order valence-electron chi connectivity index (χ2n) is 6.07. The molecule has 1 unspecified atom stereocenters. The fourth-order valence-corrected chi connectivity index (χ4v) is 2.64. The van der Waals surface area contributed by atoms with E-state index in [1.165, 1.54) is 6.07 Å². The Kier molecular flexibility index (Phi) is 11.0. The first-order valence-electron chi connectivity index (χ1n) is 8.71. The van der Waals surface area contributed by atoms with Crippen molar-refractivity contribution in [3.05, 3.63) is 35.4 Å². The molecular weight excluding hydrogens is 455 g/mol. The van der Waals surface area contributed by atoms with Crippen LogP contribution in [0.3, 0.4) is 0 Å². The number of rotatable bonds is 7. The molecule has 26 heavy (non-hydrogen) atoms. The van der Waals surface area contributed by atoms with Gasteiger partial charge in [0, 0.05) is 33.4 Å². The zero-order chi connectivity index (χ0) is 18.1. The summed E-state index contributed by atoms with van der Waals surface area (Å²) in [5.74, 6) is -1.08. The molecule has 148 valence electrons. The van der Waals surface area contributed by atoms with Crippen LogP contribution in [0.4, 0.5) is 8.78 Å². The van der Waals surface area contributed by atoms with E-state index in [9.17, 15) is 8.78 Å². The van der Waals surface area contributed by atoms with E-state index in [0.29, 0.717) is 30.8 Å². The van der Waals surface area contributed by atoms with E-state index in [-0.39, 0.29) is 30.0 Å². The van der Waals surface area contributed by atoms with Crippen LogP contribution in [-0.4, -0.2) is 45.5 Å². The summed E-state index contributed by atoms with van der Waals surface area (Å²) in [5, 5.41) is 6.36. The summed E-state index contributed by atoms with van der Waals surface area (Å²) < 4.78 is 37.5. The quantitative estimate of drug-likeness (QED) is 0.270. The lowest BCUT2D eigenvalue weighted by Crippen LogP contribution is -2.39. The van der Waals surface area contributed by atoms with Crippen LogP contribution in [0, 0.1) is 11.6 Å². The van der Waals surface area contributed by atoms with Crippen molar-refractivity contribution in [2.45, 2.75) is 38.3 Å². The van der Waals surface area contributed by atoms with E-state index < -0.39 is 11.6 Å². The minimum atomic E-state index is -0.848. The Morgan fingerprint density at radius 3 is 2.69 bits per heavy atom. The zero-order valence-corrected chi connectivity index (χ0v) is 17.6. The van der Waals surface area contributed by atoms with E-state index >= 15 is 0 Å². The van der Waals surface area contributed by atoms with Crippen LogP contribution >= 0.6 is 24.0 Å². The lowest BCUT2D eigenvalue weighted by molar-refractivity contribution is -0.0320. The molecule has 1 aromatic carbocycles. The average Bonchev–Trinajstić information content (AvgIpc) is 2.63. The third kappa shape index (κ3) is 7.71. The minimum Gasteiger partial charge on any atom is -0.381 e. The summed E-state index contributed by atoms with van der Waals surface area (Å²) in [7, 11) is 1.67. The molecule has 5 nitrogen and oxygen atoms in total. The maximum Gasteiger partial charge on any atom is 0.191 e. The minimum absolute atomic E-state index is 0. The van der Waals surface area contributed by atoms with Gasteiger partial charge in [-0.2, -0.15) is 0 Å². The van der Waals surface area contributed by atoms with Crippen LogP contribution in [0.15, 0.2) is 23.2 Å². The predicted molar refractivity (Wildman–Crippen MR) is 109 cm³/mol. The van der Waals surface area contributed by atoms with Crippen LogP contribution in [0.5, 0.6) is 0 Å². The van der Waals surface area contributed by atoms with Crippen LogP contribution < -0.4 is 10.6 Å². The highest BCUT2D eigenvalue weighted by molar-refractivity contribution is 14.0. The van der Waals surface area contributed by atoms with Crippen molar-refractivity contribution in [2.24, 2.45) is 4.99 Å². The van der Waals surface area contributed by atoms with Gasteiger partial charge in [-0.3, -0.25) is 4.99 Å². The van der Waals surface area contributed by atoms with Gasteiger partial charge >= 0.3 is 0 Å². The van der Waals surface area contributed by atoms with Gasteiger partial charge in [0.15, 0.2) is 17.6 Å². The van der Waals surface area contributed by atoms with Gasteiger partial charge in [-0.1, -0.05) is 6.07 Å². The number of guanidine groups is 1. The highest BCUT2D eigenvalue weighted by Crippen LogP contribution is 2.15. The van der Waals surface area contributed by atoms with Crippen molar-refractivity contribution < 1.29 is 18.3 Å².